The van der Waals surface area contributed by atoms with Crippen LogP contribution in [0.4, 0.5) is 11.4 Å². The molecular weight excluding hydrogens is 388 g/mol. The Hall–Kier alpha value is 0.260. The summed E-state index contributed by atoms with van der Waals surface area (Å²) in [6, 6.07) is 2.20. The summed E-state index contributed by atoms with van der Waals surface area (Å²) in [5, 5.41) is 0. The minimum atomic E-state index is 1.11. The second-order valence-electron chi connectivity index (χ2n) is 3.83. The van der Waals surface area contributed by atoms with Crippen molar-refractivity contribution in [2.24, 2.45) is 0 Å². The van der Waals surface area contributed by atoms with E-state index in [4.69, 9.17) is 0 Å². The number of fused-ring (bicyclic) bond motifs is 2. The molecule has 0 N–H and O–H groups in total. The van der Waals surface area contributed by atoms with Gasteiger partial charge in [0.05, 0.1) is 15.8 Å². The van der Waals surface area contributed by atoms with Crippen molar-refractivity contribution >= 4 is 59.2 Å². The molecule has 2 bridgehead atoms. The Morgan fingerprint density at radius 1 is 0.867 bits per heavy atom. The first-order valence-electron chi connectivity index (χ1n) is 4.86. The van der Waals surface area contributed by atoms with Gasteiger partial charge in [0.1, 0.15) is 0 Å². The zero-order chi connectivity index (χ0) is 10.6. The lowest BCUT2D eigenvalue weighted by Gasteiger charge is -2.46. The highest BCUT2D eigenvalue weighted by Gasteiger charge is 2.31. The third-order valence-electron chi connectivity index (χ3n) is 3.05. The van der Waals surface area contributed by atoms with Crippen LogP contribution >= 0.6 is 47.8 Å². The van der Waals surface area contributed by atoms with Gasteiger partial charge in [-0.3, -0.25) is 0 Å². The number of anilines is 2. The molecule has 1 aromatic rings. The van der Waals surface area contributed by atoms with E-state index in [1.54, 1.807) is 0 Å². The maximum Gasteiger partial charge on any atom is 0.0762 e. The number of piperazine rings is 1. The molecule has 0 atom stereocenters. The van der Waals surface area contributed by atoms with Crippen molar-refractivity contribution in [3.63, 3.8) is 0 Å². The standard InChI is InChI=1S/C10H9Br3N2/c11-6-5-7-10(9(13)8(6)12)15-3-1-14(7)2-4-15/h5H,1-4H2. The monoisotopic (exact) mass is 394 g/mol. The van der Waals surface area contributed by atoms with Gasteiger partial charge in [-0.05, 0) is 53.9 Å². The molecular formula is C10H9Br3N2. The molecule has 80 valence electrons. The SMILES string of the molecule is Brc1cc2c(c(Br)c1Br)N1CCN2CC1. The van der Waals surface area contributed by atoms with E-state index < -0.39 is 0 Å². The van der Waals surface area contributed by atoms with Crippen molar-refractivity contribution in [1.82, 2.24) is 0 Å². The van der Waals surface area contributed by atoms with Crippen LogP contribution in [0.15, 0.2) is 19.5 Å². The molecule has 3 aliphatic heterocycles. The van der Waals surface area contributed by atoms with Gasteiger partial charge in [-0.1, -0.05) is 0 Å². The molecule has 2 nitrogen and oxygen atoms in total. The van der Waals surface area contributed by atoms with Gasteiger partial charge in [-0.2, -0.15) is 0 Å². The Labute approximate surface area is 114 Å². The highest BCUT2D eigenvalue weighted by Crippen LogP contribution is 2.48. The Balaban J connectivity index is 2.27. The van der Waals surface area contributed by atoms with Crippen LogP contribution in [0.1, 0.15) is 0 Å². The van der Waals surface area contributed by atoms with E-state index in [1.807, 2.05) is 0 Å². The van der Waals surface area contributed by atoms with Gasteiger partial charge in [-0.15, -0.1) is 0 Å². The van der Waals surface area contributed by atoms with Gasteiger partial charge >= 0.3 is 0 Å². The van der Waals surface area contributed by atoms with E-state index in [-0.39, 0.29) is 0 Å². The first-order valence-corrected chi connectivity index (χ1v) is 7.24. The fourth-order valence-electron chi connectivity index (χ4n) is 2.29. The van der Waals surface area contributed by atoms with E-state index in [0.717, 1.165) is 39.6 Å². The molecule has 0 aliphatic carbocycles. The number of nitrogens with zero attached hydrogens (tertiary/aromatic N) is 2. The molecule has 4 rings (SSSR count). The molecule has 0 amide bonds. The molecule has 3 aliphatic rings. The van der Waals surface area contributed by atoms with E-state index in [1.165, 1.54) is 11.4 Å². The van der Waals surface area contributed by atoms with E-state index in [0.29, 0.717) is 0 Å². The molecule has 3 heterocycles. The minimum Gasteiger partial charge on any atom is -0.366 e. The lowest BCUT2D eigenvalue weighted by atomic mass is 10.1. The number of halogens is 3. The topological polar surface area (TPSA) is 6.48 Å². The van der Waals surface area contributed by atoms with Crippen LogP contribution in [0.2, 0.25) is 0 Å². The van der Waals surface area contributed by atoms with Crippen LogP contribution in [0.3, 0.4) is 0 Å². The van der Waals surface area contributed by atoms with Crippen LogP contribution in [-0.4, -0.2) is 26.2 Å². The summed E-state index contributed by atoms with van der Waals surface area (Å²) in [7, 11) is 0. The summed E-state index contributed by atoms with van der Waals surface area (Å²) in [6.07, 6.45) is 0. The average Bonchev–Trinajstić information content (AvgIpc) is 2.27. The lowest BCUT2D eigenvalue weighted by Crippen LogP contribution is -2.51. The molecule has 0 saturated carbocycles. The zero-order valence-corrected chi connectivity index (χ0v) is 12.7. The van der Waals surface area contributed by atoms with E-state index >= 15 is 0 Å². The molecule has 0 unspecified atom stereocenters. The summed E-state index contributed by atoms with van der Waals surface area (Å²) >= 11 is 10.8. The predicted octanol–water partition coefficient (Wildman–Crippen LogP) is 3.61. The molecule has 0 radical (unpaired) electrons. The largest absolute Gasteiger partial charge is 0.366 e. The first-order chi connectivity index (χ1) is 7.18. The predicted molar refractivity (Wildman–Crippen MR) is 74.0 cm³/mol. The summed E-state index contributed by atoms with van der Waals surface area (Å²) in [5.74, 6) is 0. The van der Waals surface area contributed by atoms with Gasteiger partial charge < -0.3 is 9.80 Å². The van der Waals surface area contributed by atoms with Gasteiger partial charge in [0, 0.05) is 35.1 Å². The van der Waals surface area contributed by atoms with Crippen molar-refractivity contribution in [3.05, 3.63) is 19.5 Å². The van der Waals surface area contributed by atoms with Crippen LogP contribution < -0.4 is 9.80 Å². The van der Waals surface area contributed by atoms with Crippen LogP contribution in [0.5, 0.6) is 0 Å². The third-order valence-corrected chi connectivity index (χ3v) is 6.34. The second-order valence-corrected chi connectivity index (χ2v) is 6.27. The van der Waals surface area contributed by atoms with Crippen molar-refractivity contribution in [1.29, 1.82) is 0 Å². The number of hydrogen-bond acceptors (Lipinski definition) is 2. The highest BCUT2D eigenvalue weighted by molar-refractivity contribution is 9.14. The molecule has 1 fully saturated rings. The quantitative estimate of drug-likeness (QED) is 0.618. The van der Waals surface area contributed by atoms with Crippen molar-refractivity contribution in [3.8, 4) is 0 Å². The van der Waals surface area contributed by atoms with E-state index in [2.05, 4.69) is 63.7 Å². The van der Waals surface area contributed by atoms with Crippen molar-refractivity contribution in [2.75, 3.05) is 36.0 Å². The molecule has 0 spiro atoms. The number of benzene rings is 1. The van der Waals surface area contributed by atoms with Crippen LogP contribution in [-0.2, 0) is 0 Å². The fourth-order valence-corrected chi connectivity index (χ4v) is 3.94. The van der Waals surface area contributed by atoms with Gasteiger partial charge in [0.2, 0.25) is 0 Å². The maximum atomic E-state index is 3.67. The van der Waals surface area contributed by atoms with Gasteiger partial charge in [0.25, 0.3) is 0 Å². The normalized spacial score (nSPS) is 18.3. The smallest absolute Gasteiger partial charge is 0.0762 e. The second kappa shape index (κ2) is 3.64. The minimum absolute atomic E-state index is 1.11. The zero-order valence-electron chi connectivity index (χ0n) is 7.93. The summed E-state index contributed by atoms with van der Waals surface area (Å²) < 4.78 is 3.38. The van der Waals surface area contributed by atoms with Crippen LogP contribution in [0, 0.1) is 0 Å². The molecule has 1 saturated heterocycles. The highest BCUT2D eigenvalue weighted by atomic mass is 79.9. The maximum absolute atomic E-state index is 3.67. The molecule has 5 heteroatoms. The van der Waals surface area contributed by atoms with Crippen molar-refractivity contribution in [2.45, 2.75) is 0 Å². The van der Waals surface area contributed by atoms with Crippen molar-refractivity contribution < 1.29 is 0 Å². The van der Waals surface area contributed by atoms with E-state index in [9.17, 15) is 0 Å². The summed E-state index contributed by atoms with van der Waals surface area (Å²) in [4.78, 5) is 4.91. The molecule has 0 aromatic heterocycles. The first kappa shape index (κ1) is 10.4. The van der Waals surface area contributed by atoms with Gasteiger partial charge in [-0.25, -0.2) is 0 Å². The molecule has 1 aromatic carbocycles. The fraction of sp³-hybridized carbons (Fsp3) is 0.400. The average molecular weight is 397 g/mol. The van der Waals surface area contributed by atoms with Gasteiger partial charge in [0.15, 0.2) is 0 Å². The van der Waals surface area contributed by atoms with Crippen LogP contribution in [0.25, 0.3) is 0 Å². The summed E-state index contributed by atoms with van der Waals surface area (Å²) in [5.41, 5.74) is 2.68. The molecule has 15 heavy (non-hydrogen) atoms. The number of hydrogen-bond donors (Lipinski definition) is 0. The summed E-state index contributed by atoms with van der Waals surface area (Å²) in [6.45, 7) is 4.57. The Morgan fingerprint density at radius 3 is 2.13 bits per heavy atom. The Morgan fingerprint density at radius 2 is 1.47 bits per heavy atom. The lowest BCUT2D eigenvalue weighted by molar-refractivity contribution is 0.622. The third kappa shape index (κ3) is 1.46. The Kier molecular flexibility index (Phi) is 2.52. The number of rotatable bonds is 0. The Bertz CT molecular complexity index is 425.